The molecule has 0 aliphatic carbocycles. The Morgan fingerprint density at radius 3 is 2.52 bits per heavy atom. The van der Waals surface area contributed by atoms with E-state index in [1.165, 1.54) is 0 Å². The zero-order chi connectivity index (χ0) is 22.0. The number of nitrogens with zero attached hydrogens (tertiary/aromatic N) is 2. The molecule has 0 saturated heterocycles. The van der Waals surface area contributed by atoms with Gasteiger partial charge in [-0.2, -0.15) is 0 Å². The number of hydrogen-bond donors (Lipinski definition) is 1. The Labute approximate surface area is 190 Å². The number of benzene rings is 3. The number of halogens is 2. The number of hydrogen-bond acceptors (Lipinski definition) is 3. The van der Waals surface area contributed by atoms with Crippen molar-refractivity contribution in [1.82, 2.24) is 14.9 Å². The maximum absolute atomic E-state index is 12.7. The first-order chi connectivity index (χ1) is 15.0. The van der Waals surface area contributed by atoms with E-state index in [1.807, 2.05) is 50.2 Å². The minimum absolute atomic E-state index is 0.179. The number of nitrogens with one attached hydrogen (secondary N) is 1. The second kappa shape index (κ2) is 9.00. The smallest absolute Gasteiger partial charge is 0.251 e. The van der Waals surface area contributed by atoms with Gasteiger partial charge in [0.25, 0.3) is 5.91 Å². The van der Waals surface area contributed by atoms with E-state index < -0.39 is 0 Å². The number of carbonyl (C=O) groups excluding carboxylic acids is 1. The Kier molecular flexibility index (Phi) is 6.16. The number of rotatable bonds is 6. The summed E-state index contributed by atoms with van der Waals surface area (Å²) in [6.45, 7) is 4.88. The molecule has 0 radical (unpaired) electrons. The molecule has 158 valence electrons. The number of fused-ring (bicyclic) bond motifs is 1. The van der Waals surface area contributed by atoms with Crippen molar-refractivity contribution in [3.05, 3.63) is 87.7 Å². The summed E-state index contributed by atoms with van der Waals surface area (Å²) >= 11 is 12.0. The van der Waals surface area contributed by atoms with Gasteiger partial charge in [-0.3, -0.25) is 9.36 Å². The van der Waals surface area contributed by atoms with Crippen molar-refractivity contribution in [2.45, 2.75) is 20.4 Å². The first-order valence-electron chi connectivity index (χ1n) is 9.90. The first kappa shape index (κ1) is 21.2. The third-order valence-electron chi connectivity index (χ3n) is 4.93. The van der Waals surface area contributed by atoms with Gasteiger partial charge in [0.05, 0.1) is 27.7 Å². The molecule has 1 aromatic heterocycles. The molecule has 0 bridgehead atoms. The van der Waals surface area contributed by atoms with Gasteiger partial charge in [0.1, 0.15) is 11.6 Å². The molecule has 1 heterocycles. The van der Waals surface area contributed by atoms with E-state index >= 15 is 0 Å². The Morgan fingerprint density at radius 1 is 1.03 bits per heavy atom. The van der Waals surface area contributed by atoms with Crippen molar-refractivity contribution < 1.29 is 9.53 Å². The van der Waals surface area contributed by atoms with E-state index in [2.05, 4.69) is 14.9 Å². The molecule has 0 aliphatic heterocycles. The highest BCUT2D eigenvalue weighted by Gasteiger charge is 2.13. The van der Waals surface area contributed by atoms with Gasteiger partial charge in [-0.1, -0.05) is 29.3 Å². The van der Waals surface area contributed by atoms with Gasteiger partial charge >= 0.3 is 0 Å². The second-order valence-corrected chi connectivity index (χ2v) is 7.87. The fourth-order valence-corrected chi connectivity index (χ4v) is 3.78. The van der Waals surface area contributed by atoms with Crippen LogP contribution in [0.2, 0.25) is 10.0 Å². The van der Waals surface area contributed by atoms with Gasteiger partial charge in [0.15, 0.2) is 0 Å². The highest BCUT2D eigenvalue weighted by molar-refractivity contribution is 6.42. The molecule has 5 nitrogen and oxygen atoms in total. The van der Waals surface area contributed by atoms with Crippen LogP contribution in [0.4, 0.5) is 0 Å². The van der Waals surface area contributed by atoms with E-state index in [0.29, 0.717) is 28.8 Å². The lowest BCUT2D eigenvalue weighted by Crippen LogP contribution is -2.22. The maximum atomic E-state index is 12.7. The van der Waals surface area contributed by atoms with Gasteiger partial charge < -0.3 is 10.1 Å². The molecule has 0 fully saturated rings. The van der Waals surface area contributed by atoms with Crippen LogP contribution in [-0.2, 0) is 6.54 Å². The Morgan fingerprint density at radius 2 is 1.81 bits per heavy atom. The van der Waals surface area contributed by atoms with E-state index in [9.17, 15) is 4.79 Å². The minimum Gasteiger partial charge on any atom is -0.494 e. The molecule has 1 amide bonds. The van der Waals surface area contributed by atoms with Crippen LogP contribution in [0, 0.1) is 6.92 Å². The van der Waals surface area contributed by atoms with E-state index in [4.69, 9.17) is 27.9 Å². The quantitative estimate of drug-likeness (QED) is 0.391. The topological polar surface area (TPSA) is 56.2 Å². The van der Waals surface area contributed by atoms with Crippen LogP contribution < -0.4 is 10.1 Å². The van der Waals surface area contributed by atoms with Crippen LogP contribution in [0.1, 0.15) is 28.7 Å². The fourth-order valence-electron chi connectivity index (χ4n) is 3.46. The fraction of sp³-hybridized carbons (Fsp3) is 0.167. The van der Waals surface area contributed by atoms with Crippen molar-refractivity contribution in [3.8, 4) is 11.4 Å². The largest absolute Gasteiger partial charge is 0.494 e. The molecule has 0 saturated carbocycles. The number of amides is 1. The van der Waals surface area contributed by atoms with E-state index in [-0.39, 0.29) is 5.91 Å². The average molecular weight is 454 g/mol. The summed E-state index contributed by atoms with van der Waals surface area (Å²) in [5.41, 5.74) is 4.10. The molecule has 0 unspecified atom stereocenters. The van der Waals surface area contributed by atoms with Gasteiger partial charge in [0, 0.05) is 17.8 Å². The summed E-state index contributed by atoms with van der Waals surface area (Å²) in [5, 5.41) is 3.86. The zero-order valence-corrected chi connectivity index (χ0v) is 18.7. The number of imidazole rings is 1. The molecule has 0 atom stereocenters. The van der Waals surface area contributed by atoms with Gasteiger partial charge in [-0.15, -0.1) is 0 Å². The van der Waals surface area contributed by atoms with Crippen LogP contribution in [0.15, 0.2) is 60.7 Å². The van der Waals surface area contributed by atoms with Gasteiger partial charge in [0.2, 0.25) is 0 Å². The third-order valence-corrected chi connectivity index (χ3v) is 5.67. The Hall–Kier alpha value is -3.02. The van der Waals surface area contributed by atoms with E-state index in [0.717, 1.165) is 33.9 Å². The van der Waals surface area contributed by atoms with Crippen LogP contribution >= 0.6 is 23.2 Å². The summed E-state index contributed by atoms with van der Waals surface area (Å²) in [4.78, 5) is 17.3. The Balaban J connectivity index is 1.55. The highest BCUT2D eigenvalue weighted by Crippen LogP contribution is 2.25. The molecule has 0 aliphatic rings. The molecule has 7 heteroatoms. The SMILES string of the molecule is CCOc1ccc(-n2c(C)nc3cc(C(=O)NCc4ccc(Cl)c(Cl)c4)ccc32)cc1. The number of aryl methyl sites for hydroxylation is 1. The van der Waals surface area contributed by atoms with Crippen LogP contribution in [0.5, 0.6) is 5.75 Å². The van der Waals surface area contributed by atoms with Crippen molar-refractivity contribution in [2.24, 2.45) is 0 Å². The molecular formula is C24H21Cl2N3O2. The summed E-state index contributed by atoms with van der Waals surface area (Å²) in [7, 11) is 0. The summed E-state index contributed by atoms with van der Waals surface area (Å²) in [6, 6.07) is 18.7. The van der Waals surface area contributed by atoms with Crippen molar-refractivity contribution >= 4 is 40.1 Å². The lowest BCUT2D eigenvalue weighted by molar-refractivity contribution is 0.0951. The number of carbonyl (C=O) groups is 1. The molecule has 1 N–H and O–H groups in total. The zero-order valence-electron chi connectivity index (χ0n) is 17.2. The molecule has 4 rings (SSSR count). The molecule has 3 aromatic carbocycles. The number of aromatic nitrogens is 2. The first-order valence-corrected chi connectivity index (χ1v) is 10.7. The second-order valence-electron chi connectivity index (χ2n) is 7.06. The minimum atomic E-state index is -0.179. The van der Waals surface area contributed by atoms with Gasteiger partial charge in [-0.05, 0) is 74.0 Å². The van der Waals surface area contributed by atoms with Crippen LogP contribution in [-0.4, -0.2) is 22.1 Å². The standard InChI is InChI=1S/C24H21Cl2N3O2/c1-3-31-19-8-6-18(7-9-19)29-15(2)28-22-13-17(5-11-23(22)29)24(30)27-14-16-4-10-20(25)21(26)12-16/h4-13H,3,14H2,1-2H3,(H,27,30). The molecule has 31 heavy (non-hydrogen) atoms. The monoisotopic (exact) mass is 453 g/mol. The van der Waals surface area contributed by atoms with Crippen molar-refractivity contribution in [2.75, 3.05) is 6.61 Å². The lowest BCUT2D eigenvalue weighted by Gasteiger charge is -2.09. The van der Waals surface area contributed by atoms with Crippen molar-refractivity contribution in [1.29, 1.82) is 0 Å². The molecular weight excluding hydrogens is 433 g/mol. The molecule has 4 aromatic rings. The van der Waals surface area contributed by atoms with Gasteiger partial charge in [-0.25, -0.2) is 4.98 Å². The predicted octanol–water partition coefficient (Wildman–Crippen LogP) is 5.97. The molecule has 0 spiro atoms. The predicted molar refractivity (Wildman–Crippen MR) is 125 cm³/mol. The summed E-state index contributed by atoms with van der Waals surface area (Å²) in [6.07, 6.45) is 0. The normalized spacial score (nSPS) is 11.0. The van der Waals surface area contributed by atoms with Crippen LogP contribution in [0.3, 0.4) is 0 Å². The highest BCUT2D eigenvalue weighted by atomic mass is 35.5. The van der Waals surface area contributed by atoms with Crippen LogP contribution in [0.25, 0.3) is 16.7 Å². The maximum Gasteiger partial charge on any atom is 0.251 e. The average Bonchev–Trinajstić information content (AvgIpc) is 3.10. The van der Waals surface area contributed by atoms with Crippen molar-refractivity contribution in [3.63, 3.8) is 0 Å². The summed E-state index contributed by atoms with van der Waals surface area (Å²) in [5.74, 6) is 1.49. The Bertz CT molecular complexity index is 1250. The summed E-state index contributed by atoms with van der Waals surface area (Å²) < 4.78 is 7.58. The number of ether oxygens (including phenoxy) is 1. The third kappa shape index (κ3) is 4.53. The lowest BCUT2D eigenvalue weighted by atomic mass is 10.1. The van der Waals surface area contributed by atoms with E-state index in [1.54, 1.807) is 24.3 Å².